The zero-order valence-electron chi connectivity index (χ0n) is 9.82. The molecule has 0 radical (unpaired) electrons. The van der Waals surface area contributed by atoms with Gasteiger partial charge < -0.3 is 9.90 Å². The Labute approximate surface area is 117 Å². The molecule has 1 aromatic rings. The molecule has 4 heteroatoms. The average Bonchev–Trinajstić information content (AvgIpc) is 2.28. The molecule has 0 aliphatic rings. The van der Waals surface area contributed by atoms with E-state index in [9.17, 15) is 14.7 Å². The molecule has 1 rings (SSSR count). The maximum atomic E-state index is 11.5. The van der Waals surface area contributed by atoms with Gasteiger partial charge in [0.2, 0.25) is 0 Å². The van der Waals surface area contributed by atoms with Crippen LogP contribution in [0.3, 0.4) is 0 Å². The number of hydrogen-bond acceptors (Lipinski definition) is 3. The molecule has 0 N–H and O–H groups in total. The predicted molar refractivity (Wildman–Crippen MR) is 54.1 cm³/mol. The molecule has 0 bridgehead atoms. The Kier molecular flexibility index (Phi) is 5.94. The van der Waals surface area contributed by atoms with Crippen LogP contribution in [0.1, 0.15) is 25.8 Å². The number of carboxylic acid groups (broad SMARTS) is 1. The number of benzene rings is 1. The summed E-state index contributed by atoms with van der Waals surface area (Å²) in [5.41, 5.74) is -0.276. The number of carboxylic acids is 1. The Morgan fingerprint density at radius 3 is 2.12 bits per heavy atom. The van der Waals surface area contributed by atoms with Gasteiger partial charge >= 0.3 is 29.6 Å². The third-order valence-electron chi connectivity index (χ3n) is 2.80. The van der Waals surface area contributed by atoms with Gasteiger partial charge in [-0.15, -0.1) is 0 Å². The zero-order valence-corrected chi connectivity index (χ0v) is 11.8. The van der Waals surface area contributed by atoms with E-state index in [0.717, 1.165) is 0 Å². The van der Waals surface area contributed by atoms with Crippen LogP contribution in [0, 0.1) is 0 Å². The molecular weight excluding hydrogens is 215 g/mol. The second-order valence-electron chi connectivity index (χ2n) is 3.67. The van der Waals surface area contributed by atoms with Crippen molar-refractivity contribution in [2.75, 3.05) is 0 Å². The Bertz CT molecular complexity index is 375. The molecule has 0 aromatic heterocycles. The molecule has 1 aromatic carbocycles. The fraction of sp³-hybridized carbons (Fsp3) is 0.333. The van der Waals surface area contributed by atoms with E-state index in [4.69, 9.17) is 0 Å². The number of hydrogen-bond donors (Lipinski definition) is 0. The molecule has 80 valence electrons. The van der Waals surface area contributed by atoms with Crippen molar-refractivity contribution in [2.45, 2.75) is 25.7 Å². The van der Waals surface area contributed by atoms with E-state index in [2.05, 4.69) is 0 Å². The molecule has 1 unspecified atom stereocenters. The van der Waals surface area contributed by atoms with Crippen LogP contribution in [0.4, 0.5) is 0 Å². The summed E-state index contributed by atoms with van der Waals surface area (Å²) < 4.78 is 0. The van der Waals surface area contributed by atoms with Gasteiger partial charge in [0.25, 0.3) is 0 Å². The maximum Gasteiger partial charge on any atom is 1.00 e. The van der Waals surface area contributed by atoms with Gasteiger partial charge in [-0.25, -0.2) is 0 Å². The van der Waals surface area contributed by atoms with E-state index in [1.807, 2.05) is 6.07 Å². The Hall–Kier alpha value is -0.640. The molecule has 16 heavy (non-hydrogen) atoms. The molecule has 0 saturated heterocycles. The van der Waals surface area contributed by atoms with E-state index >= 15 is 0 Å². The SMILES string of the molecule is CCC(C)(C(=O)C(=O)[O-])c1ccccc1.[Na+]. The van der Waals surface area contributed by atoms with Crippen molar-refractivity contribution in [3.8, 4) is 0 Å². The van der Waals surface area contributed by atoms with E-state index in [1.165, 1.54) is 0 Å². The van der Waals surface area contributed by atoms with Crippen LogP contribution >= 0.6 is 0 Å². The van der Waals surface area contributed by atoms with Gasteiger partial charge in [-0.3, -0.25) is 4.79 Å². The van der Waals surface area contributed by atoms with Crippen LogP contribution in [0.15, 0.2) is 30.3 Å². The largest absolute Gasteiger partial charge is 1.00 e. The number of aliphatic carboxylic acids is 1. The quantitative estimate of drug-likeness (QED) is 0.429. The molecule has 1 atom stereocenters. The van der Waals surface area contributed by atoms with Crippen molar-refractivity contribution >= 4 is 11.8 Å². The van der Waals surface area contributed by atoms with E-state index in [0.29, 0.717) is 12.0 Å². The first-order chi connectivity index (χ1) is 7.02. The standard InChI is InChI=1S/C12H14O3.Na/c1-3-12(2,10(13)11(14)15)9-7-5-4-6-8-9;/h4-8H,3H2,1-2H3,(H,14,15);/q;+1/p-1. The smallest absolute Gasteiger partial charge is 0.542 e. The van der Waals surface area contributed by atoms with Crippen LogP contribution in [-0.2, 0) is 15.0 Å². The van der Waals surface area contributed by atoms with Crippen LogP contribution in [-0.4, -0.2) is 11.8 Å². The summed E-state index contributed by atoms with van der Waals surface area (Å²) in [5.74, 6) is -2.49. The first-order valence-electron chi connectivity index (χ1n) is 4.83. The topological polar surface area (TPSA) is 57.2 Å². The first kappa shape index (κ1) is 15.4. The minimum atomic E-state index is -1.62. The van der Waals surface area contributed by atoms with Crippen molar-refractivity contribution < 1.29 is 44.3 Å². The predicted octanol–water partition coefficient (Wildman–Crippen LogP) is -2.32. The molecule has 0 aliphatic carbocycles. The average molecular weight is 228 g/mol. The van der Waals surface area contributed by atoms with Crippen LogP contribution in [0.25, 0.3) is 0 Å². The zero-order chi connectivity index (χ0) is 11.5. The second kappa shape index (κ2) is 6.18. The summed E-state index contributed by atoms with van der Waals surface area (Å²) in [7, 11) is 0. The van der Waals surface area contributed by atoms with Gasteiger partial charge in [-0.2, -0.15) is 0 Å². The summed E-state index contributed by atoms with van der Waals surface area (Å²) in [4.78, 5) is 22.2. The third-order valence-corrected chi connectivity index (χ3v) is 2.80. The molecule has 0 fully saturated rings. The minimum absolute atomic E-state index is 0. The first-order valence-corrected chi connectivity index (χ1v) is 4.83. The van der Waals surface area contributed by atoms with Gasteiger partial charge in [0.15, 0.2) is 5.78 Å². The van der Waals surface area contributed by atoms with Crippen LogP contribution < -0.4 is 34.7 Å². The molecule has 3 nitrogen and oxygen atoms in total. The van der Waals surface area contributed by atoms with Crippen LogP contribution in [0.5, 0.6) is 0 Å². The third kappa shape index (κ3) is 2.94. The maximum absolute atomic E-state index is 11.5. The number of ketones is 1. The molecule has 0 heterocycles. The van der Waals surface area contributed by atoms with Crippen molar-refractivity contribution in [1.29, 1.82) is 0 Å². The van der Waals surface area contributed by atoms with E-state index in [1.54, 1.807) is 38.1 Å². The molecule has 0 amide bonds. The van der Waals surface area contributed by atoms with E-state index < -0.39 is 17.2 Å². The number of carbonyl (C=O) groups excluding carboxylic acids is 2. The van der Waals surface area contributed by atoms with Crippen LogP contribution in [0.2, 0.25) is 0 Å². The summed E-state index contributed by atoms with van der Waals surface area (Å²) in [6.45, 7) is 3.41. The molecule has 0 aliphatic heterocycles. The number of carbonyl (C=O) groups is 2. The number of Topliss-reactive ketones (excluding diaryl/α,β-unsaturated/α-hetero) is 1. The Morgan fingerprint density at radius 1 is 1.25 bits per heavy atom. The summed E-state index contributed by atoms with van der Waals surface area (Å²) in [6, 6.07) is 8.90. The summed E-state index contributed by atoms with van der Waals surface area (Å²) in [5, 5.41) is 10.6. The van der Waals surface area contributed by atoms with E-state index in [-0.39, 0.29) is 29.6 Å². The molecule has 0 spiro atoms. The van der Waals surface area contributed by atoms with Gasteiger partial charge in [0.1, 0.15) is 5.97 Å². The van der Waals surface area contributed by atoms with Gasteiger partial charge in [0.05, 0.1) is 5.41 Å². The van der Waals surface area contributed by atoms with Gasteiger partial charge in [0, 0.05) is 0 Å². The van der Waals surface area contributed by atoms with Crippen molar-refractivity contribution in [1.82, 2.24) is 0 Å². The summed E-state index contributed by atoms with van der Waals surface area (Å²) >= 11 is 0. The summed E-state index contributed by atoms with van der Waals surface area (Å²) in [6.07, 6.45) is 0.434. The van der Waals surface area contributed by atoms with Crippen molar-refractivity contribution in [3.63, 3.8) is 0 Å². The minimum Gasteiger partial charge on any atom is -0.542 e. The fourth-order valence-corrected chi connectivity index (χ4v) is 1.53. The number of rotatable bonds is 4. The fourth-order valence-electron chi connectivity index (χ4n) is 1.53. The Morgan fingerprint density at radius 2 is 1.75 bits per heavy atom. The van der Waals surface area contributed by atoms with Gasteiger partial charge in [-0.05, 0) is 18.9 Å². The van der Waals surface area contributed by atoms with Crippen molar-refractivity contribution in [2.24, 2.45) is 0 Å². The monoisotopic (exact) mass is 228 g/mol. The second-order valence-corrected chi connectivity index (χ2v) is 3.67. The molecule has 0 saturated carbocycles. The molecular formula is C12H13NaO3. The van der Waals surface area contributed by atoms with Gasteiger partial charge in [-0.1, -0.05) is 37.3 Å². The normalized spacial score (nSPS) is 13.4. The Balaban J connectivity index is 0.00000225. The van der Waals surface area contributed by atoms with Crippen molar-refractivity contribution in [3.05, 3.63) is 35.9 Å².